The second-order valence-corrected chi connectivity index (χ2v) is 5.77. The molecule has 0 aromatic heterocycles. The first-order valence-corrected chi connectivity index (χ1v) is 6.83. The fraction of sp³-hybridized carbons (Fsp3) is 0.462. The van der Waals surface area contributed by atoms with E-state index in [1.165, 1.54) is 6.07 Å². The van der Waals surface area contributed by atoms with Crippen LogP contribution in [0.25, 0.3) is 0 Å². The maximum absolute atomic E-state index is 12.6. The van der Waals surface area contributed by atoms with Crippen molar-refractivity contribution in [3.8, 4) is 0 Å². The van der Waals surface area contributed by atoms with Crippen LogP contribution in [0.5, 0.6) is 0 Å². The van der Waals surface area contributed by atoms with Crippen LogP contribution < -0.4 is 11.1 Å². The van der Waals surface area contributed by atoms with Gasteiger partial charge in [-0.1, -0.05) is 13.8 Å². The van der Waals surface area contributed by atoms with Crippen molar-refractivity contribution in [2.24, 2.45) is 11.7 Å². The maximum atomic E-state index is 12.6. The lowest BCUT2D eigenvalue weighted by Crippen LogP contribution is -2.36. The smallest absolute Gasteiger partial charge is 0.324 e. The summed E-state index contributed by atoms with van der Waals surface area (Å²) in [4.78, 5) is 11.8. The number of hydrogen-bond donors (Lipinski definition) is 2. The molecule has 0 radical (unpaired) electrons. The molecule has 0 fully saturated rings. The molecule has 3 N–H and O–H groups in total. The Labute approximate surface area is 123 Å². The average Bonchev–Trinajstić information content (AvgIpc) is 2.29. The highest BCUT2D eigenvalue weighted by atomic mass is 79.9. The van der Waals surface area contributed by atoms with Crippen molar-refractivity contribution in [2.45, 2.75) is 32.5 Å². The molecule has 1 atom stereocenters. The molecule has 1 aromatic rings. The molecule has 3 nitrogen and oxygen atoms in total. The van der Waals surface area contributed by atoms with Crippen LogP contribution in [0.3, 0.4) is 0 Å². The molecule has 0 saturated heterocycles. The summed E-state index contributed by atoms with van der Waals surface area (Å²) in [6.07, 6.45) is -4.00. The van der Waals surface area contributed by atoms with Crippen molar-refractivity contribution < 1.29 is 18.0 Å². The lowest BCUT2D eigenvalue weighted by molar-refractivity contribution is -0.137. The Morgan fingerprint density at radius 1 is 1.40 bits per heavy atom. The van der Waals surface area contributed by atoms with Crippen LogP contribution in [0.2, 0.25) is 0 Å². The van der Waals surface area contributed by atoms with Gasteiger partial charge in [-0.15, -0.1) is 0 Å². The Kier molecular flexibility index (Phi) is 5.59. The van der Waals surface area contributed by atoms with Crippen LogP contribution in [-0.2, 0) is 11.0 Å². The number of alkyl halides is 3. The topological polar surface area (TPSA) is 55.1 Å². The van der Waals surface area contributed by atoms with E-state index in [4.69, 9.17) is 5.73 Å². The minimum absolute atomic E-state index is 0.0593. The number of halogens is 4. The van der Waals surface area contributed by atoms with Crippen LogP contribution in [0.1, 0.15) is 25.8 Å². The van der Waals surface area contributed by atoms with Gasteiger partial charge in [-0.3, -0.25) is 4.79 Å². The third kappa shape index (κ3) is 4.79. The van der Waals surface area contributed by atoms with Crippen molar-refractivity contribution in [1.82, 2.24) is 0 Å². The number of hydrogen-bond acceptors (Lipinski definition) is 2. The number of nitrogens with two attached hydrogens (primary N) is 1. The van der Waals surface area contributed by atoms with E-state index in [2.05, 4.69) is 21.2 Å². The Hall–Kier alpha value is -1.08. The van der Waals surface area contributed by atoms with Crippen molar-refractivity contribution in [1.29, 1.82) is 0 Å². The molecule has 0 spiro atoms. The van der Waals surface area contributed by atoms with Gasteiger partial charge >= 0.3 is 6.18 Å². The van der Waals surface area contributed by atoms with Gasteiger partial charge in [0.2, 0.25) is 5.91 Å². The average molecular weight is 353 g/mol. The van der Waals surface area contributed by atoms with Crippen LogP contribution in [0, 0.1) is 5.92 Å². The van der Waals surface area contributed by atoms with Crippen molar-refractivity contribution in [3.05, 3.63) is 28.2 Å². The van der Waals surface area contributed by atoms with Gasteiger partial charge in [0.05, 0.1) is 17.3 Å². The Morgan fingerprint density at radius 3 is 2.50 bits per heavy atom. The number of anilines is 1. The summed E-state index contributed by atoms with van der Waals surface area (Å²) in [5.41, 5.74) is 4.92. The zero-order chi connectivity index (χ0) is 15.5. The minimum atomic E-state index is -4.46. The van der Waals surface area contributed by atoms with Gasteiger partial charge in [-0.05, 0) is 46.5 Å². The molecule has 1 rings (SSSR count). The summed E-state index contributed by atoms with van der Waals surface area (Å²) in [7, 11) is 0. The molecular weight excluding hydrogens is 337 g/mol. The van der Waals surface area contributed by atoms with Crippen LogP contribution in [0.4, 0.5) is 18.9 Å². The number of amides is 1. The first-order chi connectivity index (χ1) is 9.11. The summed E-state index contributed by atoms with van der Waals surface area (Å²) in [5, 5.41) is 2.42. The predicted octanol–water partition coefficient (Wildman–Crippen LogP) is 3.78. The van der Waals surface area contributed by atoms with E-state index in [9.17, 15) is 18.0 Å². The summed E-state index contributed by atoms with van der Waals surface area (Å²) in [6.45, 7) is 3.82. The zero-order valence-electron chi connectivity index (χ0n) is 11.1. The van der Waals surface area contributed by atoms with Gasteiger partial charge in [0, 0.05) is 4.47 Å². The van der Waals surface area contributed by atoms with Gasteiger partial charge in [0.25, 0.3) is 0 Å². The molecule has 0 saturated carbocycles. The van der Waals surface area contributed by atoms with E-state index < -0.39 is 23.7 Å². The third-order valence-corrected chi connectivity index (χ3v) is 3.31. The molecule has 1 amide bonds. The second-order valence-electron chi connectivity index (χ2n) is 4.92. The summed E-state index contributed by atoms with van der Waals surface area (Å²) >= 11 is 3.10. The Morgan fingerprint density at radius 2 is 2.00 bits per heavy atom. The lowest BCUT2D eigenvalue weighted by atomic mass is 10.0. The second kappa shape index (κ2) is 6.58. The minimum Gasteiger partial charge on any atom is -0.324 e. The highest BCUT2D eigenvalue weighted by molar-refractivity contribution is 9.10. The molecule has 1 aromatic carbocycles. The molecular formula is C13H16BrF3N2O. The van der Waals surface area contributed by atoms with Gasteiger partial charge in [0.15, 0.2) is 0 Å². The molecule has 7 heteroatoms. The first-order valence-electron chi connectivity index (χ1n) is 6.04. The summed E-state index contributed by atoms with van der Waals surface area (Å²) in [6, 6.07) is 2.31. The molecule has 0 unspecified atom stereocenters. The van der Waals surface area contributed by atoms with Crippen LogP contribution in [0.15, 0.2) is 22.7 Å². The van der Waals surface area contributed by atoms with E-state index in [-0.39, 0.29) is 11.6 Å². The highest BCUT2D eigenvalue weighted by Crippen LogP contribution is 2.34. The molecule has 0 heterocycles. The maximum Gasteiger partial charge on any atom is 0.416 e. The van der Waals surface area contributed by atoms with Crippen LogP contribution in [-0.4, -0.2) is 11.9 Å². The van der Waals surface area contributed by atoms with Crippen molar-refractivity contribution >= 4 is 27.5 Å². The first kappa shape index (κ1) is 17.0. The van der Waals surface area contributed by atoms with E-state index in [0.29, 0.717) is 10.9 Å². The predicted molar refractivity (Wildman–Crippen MR) is 75.2 cm³/mol. The number of rotatable bonds is 4. The normalized spacial score (nSPS) is 13.4. The molecule has 0 aliphatic rings. The molecule has 0 bridgehead atoms. The monoisotopic (exact) mass is 352 g/mol. The van der Waals surface area contributed by atoms with E-state index in [1.807, 2.05) is 13.8 Å². The van der Waals surface area contributed by atoms with Gasteiger partial charge in [0.1, 0.15) is 0 Å². The summed E-state index contributed by atoms with van der Waals surface area (Å²) < 4.78 is 38.2. The zero-order valence-corrected chi connectivity index (χ0v) is 12.7. The number of benzene rings is 1. The quantitative estimate of drug-likeness (QED) is 0.866. The molecule has 0 aliphatic carbocycles. The van der Waals surface area contributed by atoms with Gasteiger partial charge in [-0.2, -0.15) is 13.2 Å². The number of carbonyl (C=O) groups is 1. The largest absolute Gasteiger partial charge is 0.416 e. The van der Waals surface area contributed by atoms with Crippen molar-refractivity contribution in [2.75, 3.05) is 5.32 Å². The van der Waals surface area contributed by atoms with Gasteiger partial charge in [-0.25, -0.2) is 0 Å². The summed E-state index contributed by atoms with van der Waals surface area (Å²) in [5.74, 6) is -0.278. The Balaban J connectivity index is 2.89. The van der Waals surface area contributed by atoms with E-state index in [0.717, 1.165) is 12.1 Å². The fourth-order valence-electron chi connectivity index (χ4n) is 1.64. The van der Waals surface area contributed by atoms with Crippen LogP contribution >= 0.6 is 15.9 Å². The number of nitrogens with one attached hydrogen (secondary N) is 1. The van der Waals surface area contributed by atoms with Gasteiger partial charge < -0.3 is 11.1 Å². The SMILES string of the molecule is CC(C)C[C@H](N)C(=O)Nc1cc(C(F)(F)F)ccc1Br. The highest BCUT2D eigenvalue weighted by Gasteiger charge is 2.31. The third-order valence-electron chi connectivity index (χ3n) is 2.61. The lowest BCUT2D eigenvalue weighted by Gasteiger charge is -2.16. The molecule has 20 heavy (non-hydrogen) atoms. The Bertz CT molecular complexity index is 489. The van der Waals surface area contributed by atoms with E-state index >= 15 is 0 Å². The molecule has 112 valence electrons. The van der Waals surface area contributed by atoms with E-state index in [1.54, 1.807) is 0 Å². The molecule has 0 aliphatic heterocycles. The van der Waals surface area contributed by atoms with Crippen molar-refractivity contribution in [3.63, 3.8) is 0 Å². The number of carbonyl (C=O) groups excluding carboxylic acids is 1. The standard InChI is InChI=1S/C13H16BrF3N2O/c1-7(2)5-10(18)12(20)19-11-6-8(13(15,16)17)3-4-9(11)14/h3-4,6-7,10H,5,18H2,1-2H3,(H,19,20)/t10-/m0/s1. The fourth-order valence-corrected chi connectivity index (χ4v) is 1.98.